The molecular formula is C12H15F2NO. The summed E-state index contributed by atoms with van der Waals surface area (Å²) in [6, 6.07) is 2.70. The van der Waals surface area contributed by atoms with Gasteiger partial charge >= 0.3 is 0 Å². The Morgan fingerprint density at radius 3 is 2.50 bits per heavy atom. The SMILES string of the molecule is Oc1c(F)cc(CC2CCCCN2)cc1F. The number of hydrogen-bond donors (Lipinski definition) is 2. The Balaban J connectivity index is 2.09. The quantitative estimate of drug-likeness (QED) is 0.812. The van der Waals surface area contributed by atoms with Crippen LogP contribution in [-0.2, 0) is 6.42 Å². The Morgan fingerprint density at radius 2 is 1.94 bits per heavy atom. The Morgan fingerprint density at radius 1 is 1.25 bits per heavy atom. The second-order valence-corrected chi connectivity index (χ2v) is 4.26. The van der Waals surface area contributed by atoms with Crippen molar-refractivity contribution in [2.75, 3.05) is 6.54 Å². The molecule has 1 fully saturated rings. The molecule has 1 saturated heterocycles. The van der Waals surface area contributed by atoms with E-state index in [9.17, 15) is 8.78 Å². The fraction of sp³-hybridized carbons (Fsp3) is 0.500. The summed E-state index contributed by atoms with van der Waals surface area (Å²) in [6.07, 6.45) is 3.95. The lowest BCUT2D eigenvalue weighted by Crippen LogP contribution is -2.35. The number of halogens is 2. The highest BCUT2D eigenvalue weighted by Gasteiger charge is 2.15. The molecule has 1 heterocycles. The van der Waals surface area contributed by atoms with E-state index in [1.165, 1.54) is 12.1 Å². The van der Waals surface area contributed by atoms with Crippen LogP contribution in [-0.4, -0.2) is 17.7 Å². The molecule has 0 bridgehead atoms. The van der Waals surface area contributed by atoms with Gasteiger partial charge in [0.25, 0.3) is 0 Å². The molecule has 4 heteroatoms. The van der Waals surface area contributed by atoms with Crippen molar-refractivity contribution in [1.82, 2.24) is 5.32 Å². The van der Waals surface area contributed by atoms with Gasteiger partial charge in [0.15, 0.2) is 17.4 Å². The van der Waals surface area contributed by atoms with Crippen molar-refractivity contribution in [3.63, 3.8) is 0 Å². The van der Waals surface area contributed by atoms with Crippen LogP contribution in [0, 0.1) is 11.6 Å². The third-order valence-electron chi connectivity index (χ3n) is 2.97. The van der Waals surface area contributed by atoms with Gasteiger partial charge in [-0.1, -0.05) is 6.42 Å². The monoisotopic (exact) mass is 227 g/mol. The van der Waals surface area contributed by atoms with Crippen LogP contribution in [0.5, 0.6) is 5.75 Å². The number of rotatable bonds is 2. The van der Waals surface area contributed by atoms with Gasteiger partial charge in [0.1, 0.15) is 0 Å². The van der Waals surface area contributed by atoms with Crippen molar-refractivity contribution in [1.29, 1.82) is 0 Å². The minimum absolute atomic E-state index is 0.289. The number of aromatic hydroxyl groups is 1. The first-order valence-corrected chi connectivity index (χ1v) is 5.57. The fourth-order valence-corrected chi connectivity index (χ4v) is 2.12. The number of nitrogens with one attached hydrogen (secondary N) is 1. The molecule has 2 N–H and O–H groups in total. The third kappa shape index (κ3) is 2.50. The van der Waals surface area contributed by atoms with Crippen LogP contribution in [0.3, 0.4) is 0 Å². The lowest BCUT2D eigenvalue weighted by molar-refractivity contribution is 0.386. The van der Waals surface area contributed by atoms with Gasteiger partial charge in [-0.05, 0) is 43.5 Å². The van der Waals surface area contributed by atoms with Crippen LogP contribution in [0.25, 0.3) is 0 Å². The zero-order valence-corrected chi connectivity index (χ0v) is 8.97. The van der Waals surface area contributed by atoms with Crippen molar-refractivity contribution in [3.05, 3.63) is 29.3 Å². The molecule has 1 aromatic carbocycles. The van der Waals surface area contributed by atoms with Gasteiger partial charge in [-0.2, -0.15) is 0 Å². The van der Waals surface area contributed by atoms with Gasteiger partial charge < -0.3 is 10.4 Å². The Labute approximate surface area is 93.3 Å². The van der Waals surface area contributed by atoms with Gasteiger partial charge in [0, 0.05) is 6.04 Å². The van der Waals surface area contributed by atoms with Gasteiger partial charge in [-0.15, -0.1) is 0 Å². The van der Waals surface area contributed by atoms with E-state index in [0.717, 1.165) is 25.8 Å². The number of phenolic OH excluding ortho intramolecular Hbond substituents is 1. The Kier molecular flexibility index (Phi) is 3.39. The summed E-state index contributed by atoms with van der Waals surface area (Å²) < 4.78 is 26.2. The molecule has 1 aromatic rings. The zero-order chi connectivity index (χ0) is 11.5. The number of hydrogen-bond acceptors (Lipinski definition) is 2. The largest absolute Gasteiger partial charge is 0.503 e. The summed E-state index contributed by atoms with van der Waals surface area (Å²) in [7, 11) is 0. The van der Waals surface area contributed by atoms with Crippen LogP contribution < -0.4 is 5.32 Å². The summed E-state index contributed by atoms with van der Waals surface area (Å²) in [5, 5.41) is 12.3. The van der Waals surface area contributed by atoms with Crippen LogP contribution in [0.4, 0.5) is 8.78 Å². The summed E-state index contributed by atoms with van der Waals surface area (Å²) in [5.41, 5.74) is 0.590. The van der Waals surface area contributed by atoms with E-state index >= 15 is 0 Å². The maximum Gasteiger partial charge on any atom is 0.187 e. The first-order chi connectivity index (χ1) is 7.66. The molecule has 0 saturated carbocycles. The smallest absolute Gasteiger partial charge is 0.187 e. The van der Waals surface area contributed by atoms with Crippen LogP contribution in [0.2, 0.25) is 0 Å². The van der Waals surface area contributed by atoms with Crippen LogP contribution in [0.1, 0.15) is 24.8 Å². The lowest BCUT2D eigenvalue weighted by Gasteiger charge is -2.23. The molecule has 0 spiro atoms. The number of piperidine rings is 1. The molecular weight excluding hydrogens is 212 g/mol. The predicted octanol–water partition coefficient (Wildman–Crippen LogP) is 2.35. The number of benzene rings is 1. The van der Waals surface area contributed by atoms with E-state index < -0.39 is 17.4 Å². The highest BCUT2D eigenvalue weighted by molar-refractivity contribution is 5.30. The van der Waals surface area contributed by atoms with E-state index in [1.54, 1.807) is 0 Å². The second kappa shape index (κ2) is 4.78. The van der Waals surface area contributed by atoms with E-state index in [0.29, 0.717) is 12.0 Å². The summed E-state index contributed by atoms with van der Waals surface area (Å²) in [5.74, 6) is -2.66. The molecule has 88 valence electrons. The average Bonchev–Trinajstić information content (AvgIpc) is 2.27. The number of phenols is 1. The average molecular weight is 227 g/mol. The molecule has 2 nitrogen and oxygen atoms in total. The minimum atomic E-state index is -0.889. The van der Waals surface area contributed by atoms with Crippen LogP contribution >= 0.6 is 0 Å². The van der Waals surface area contributed by atoms with Crippen molar-refractivity contribution in [2.45, 2.75) is 31.7 Å². The molecule has 0 aromatic heterocycles. The van der Waals surface area contributed by atoms with Crippen molar-refractivity contribution in [2.24, 2.45) is 0 Å². The maximum absolute atomic E-state index is 13.1. The van der Waals surface area contributed by atoms with Gasteiger partial charge in [0.05, 0.1) is 0 Å². The highest BCUT2D eigenvalue weighted by atomic mass is 19.1. The molecule has 16 heavy (non-hydrogen) atoms. The van der Waals surface area contributed by atoms with Crippen molar-refractivity contribution < 1.29 is 13.9 Å². The van der Waals surface area contributed by atoms with E-state index in [-0.39, 0.29) is 6.04 Å². The van der Waals surface area contributed by atoms with E-state index in [2.05, 4.69) is 5.32 Å². The zero-order valence-electron chi connectivity index (χ0n) is 8.97. The summed E-state index contributed by atoms with van der Waals surface area (Å²) in [4.78, 5) is 0. The summed E-state index contributed by atoms with van der Waals surface area (Å²) >= 11 is 0. The van der Waals surface area contributed by atoms with Crippen LogP contribution in [0.15, 0.2) is 12.1 Å². The normalized spacial score (nSPS) is 21.0. The molecule has 1 aliphatic heterocycles. The molecule has 0 aliphatic carbocycles. The molecule has 1 aliphatic rings. The minimum Gasteiger partial charge on any atom is -0.503 e. The second-order valence-electron chi connectivity index (χ2n) is 4.26. The van der Waals surface area contributed by atoms with Gasteiger partial charge in [-0.25, -0.2) is 8.78 Å². The maximum atomic E-state index is 13.1. The molecule has 0 amide bonds. The fourth-order valence-electron chi connectivity index (χ4n) is 2.12. The first kappa shape index (κ1) is 11.3. The molecule has 0 radical (unpaired) electrons. The van der Waals surface area contributed by atoms with Gasteiger partial charge in [-0.3, -0.25) is 0 Å². The summed E-state index contributed by atoms with van der Waals surface area (Å²) in [6.45, 7) is 0.966. The first-order valence-electron chi connectivity index (χ1n) is 5.57. The third-order valence-corrected chi connectivity index (χ3v) is 2.97. The van der Waals surface area contributed by atoms with Crippen molar-refractivity contribution >= 4 is 0 Å². The Hall–Kier alpha value is -1.16. The van der Waals surface area contributed by atoms with Gasteiger partial charge in [0.2, 0.25) is 0 Å². The molecule has 2 rings (SSSR count). The van der Waals surface area contributed by atoms with E-state index in [1.807, 2.05) is 0 Å². The molecule has 1 unspecified atom stereocenters. The standard InChI is InChI=1S/C12H15F2NO/c13-10-6-8(7-11(14)12(10)16)5-9-3-1-2-4-15-9/h6-7,9,15-16H,1-5H2. The Bertz CT molecular complexity index is 352. The van der Waals surface area contributed by atoms with E-state index in [4.69, 9.17) is 5.11 Å². The molecule has 1 atom stereocenters. The van der Waals surface area contributed by atoms with Crippen molar-refractivity contribution in [3.8, 4) is 5.75 Å². The highest BCUT2D eigenvalue weighted by Crippen LogP contribution is 2.23. The lowest BCUT2D eigenvalue weighted by atomic mass is 9.97. The topological polar surface area (TPSA) is 32.3 Å². The predicted molar refractivity (Wildman–Crippen MR) is 57.4 cm³/mol.